The monoisotopic (exact) mass is 337 g/mol. The lowest BCUT2D eigenvalue weighted by atomic mass is 10.0. The zero-order valence-corrected chi connectivity index (χ0v) is 13.3. The fourth-order valence-electron chi connectivity index (χ4n) is 1.85. The van der Waals surface area contributed by atoms with Gasteiger partial charge in [0.25, 0.3) is 10.0 Å². The molecule has 0 aliphatic heterocycles. The Kier molecular flexibility index (Phi) is 3.44. The van der Waals surface area contributed by atoms with Crippen LogP contribution in [-0.4, -0.2) is 14.0 Å². The van der Waals surface area contributed by atoms with E-state index in [0.29, 0.717) is 10.1 Å². The average molecular weight is 338 g/mol. The van der Waals surface area contributed by atoms with Crippen molar-refractivity contribution in [3.63, 3.8) is 0 Å². The second kappa shape index (κ2) is 4.33. The van der Waals surface area contributed by atoms with Crippen LogP contribution >= 0.6 is 27.3 Å². The summed E-state index contributed by atoms with van der Waals surface area (Å²) in [4.78, 5) is 0. The van der Waals surface area contributed by atoms with E-state index in [1.165, 1.54) is 11.3 Å². The second-order valence-electron chi connectivity index (χ2n) is 5.12. The Balaban J connectivity index is 2.24. The molecule has 1 aromatic heterocycles. The van der Waals surface area contributed by atoms with Gasteiger partial charge in [0.2, 0.25) is 0 Å². The largest absolute Gasteiger partial charge is 0.250 e. The lowest BCUT2D eigenvalue weighted by molar-refractivity contribution is 0.401. The van der Waals surface area contributed by atoms with E-state index in [-0.39, 0.29) is 5.54 Å². The van der Waals surface area contributed by atoms with Crippen LogP contribution in [0.3, 0.4) is 0 Å². The van der Waals surface area contributed by atoms with Gasteiger partial charge in [-0.05, 0) is 67.1 Å². The number of sulfonamides is 1. The minimum Gasteiger partial charge on any atom is -0.206 e. The van der Waals surface area contributed by atoms with Gasteiger partial charge in [-0.15, -0.1) is 11.3 Å². The van der Waals surface area contributed by atoms with Gasteiger partial charge >= 0.3 is 0 Å². The van der Waals surface area contributed by atoms with E-state index < -0.39 is 10.0 Å². The van der Waals surface area contributed by atoms with Crippen molar-refractivity contribution in [3.8, 4) is 0 Å². The Morgan fingerprint density at radius 3 is 2.47 bits per heavy atom. The molecule has 17 heavy (non-hydrogen) atoms. The van der Waals surface area contributed by atoms with Crippen LogP contribution in [0.4, 0.5) is 0 Å². The number of thiophene rings is 1. The Morgan fingerprint density at radius 2 is 2.06 bits per heavy atom. The molecule has 1 fully saturated rings. The summed E-state index contributed by atoms with van der Waals surface area (Å²) in [6.07, 6.45) is 2.23. The molecule has 96 valence electrons. The van der Waals surface area contributed by atoms with Crippen molar-refractivity contribution in [2.24, 2.45) is 5.92 Å². The number of hydrogen-bond acceptors (Lipinski definition) is 3. The maximum Gasteiger partial charge on any atom is 0.250 e. The fraction of sp³-hybridized carbons (Fsp3) is 0.636. The number of rotatable bonds is 4. The first-order chi connectivity index (χ1) is 7.72. The molecule has 1 aliphatic carbocycles. The second-order valence-corrected chi connectivity index (χ2v) is 9.40. The normalized spacial score (nSPS) is 17.4. The van der Waals surface area contributed by atoms with E-state index >= 15 is 0 Å². The third kappa shape index (κ3) is 2.92. The van der Waals surface area contributed by atoms with Crippen LogP contribution in [0.2, 0.25) is 0 Å². The number of halogens is 1. The van der Waals surface area contributed by atoms with Crippen LogP contribution in [0.15, 0.2) is 14.1 Å². The molecule has 0 aromatic carbocycles. The first-order valence-corrected chi connectivity index (χ1v) is 8.61. The molecule has 1 heterocycles. The maximum atomic E-state index is 12.2. The SMILES string of the molecule is Cc1cc(S(=O)(=O)NC(C)(C)C2CC2)sc1Br. The van der Waals surface area contributed by atoms with Crippen LogP contribution in [-0.2, 0) is 10.0 Å². The van der Waals surface area contributed by atoms with Crippen molar-refractivity contribution in [1.82, 2.24) is 4.72 Å². The van der Waals surface area contributed by atoms with Gasteiger partial charge in [-0.25, -0.2) is 13.1 Å². The summed E-state index contributed by atoms with van der Waals surface area (Å²) in [6, 6.07) is 1.71. The molecule has 1 N–H and O–H groups in total. The first-order valence-electron chi connectivity index (χ1n) is 5.52. The highest BCUT2D eigenvalue weighted by Gasteiger charge is 2.40. The zero-order valence-electron chi connectivity index (χ0n) is 10.1. The smallest absolute Gasteiger partial charge is 0.206 e. The van der Waals surface area contributed by atoms with Crippen molar-refractivity contribution in [2.45, 2.75) is 43.4 Å². The summed E-state index contributed by atoms with van der Waals surface area (Å²) in [5.74, 6) is 0.474. The van der Waals surface area contributed by atoms with Gasteiger partial charge in [0.05, 0.1) is 3.79 Å². The molecule has 1 saturated carbocycles. The van der Waals surface area contributed by atoms with E-state index in [2.05, 4.69) is 20.7 Å². The summed E-state index contributed by atoms with van der Waals surface area (Å²) >= 11 is 4.62. The van der Waals surface area contributed by atoms with Crippen molar-refractivity contribution >= 4 is 37.3 Å². The van der Waals surface area contributed by atoms with E-state index in [9.17, 15) is 8.42 Å². The summed E-state index contributed by atoms with van der Waals surface area (Å²) in [5.41, 5.74) is 0.614. The quantitative estimate of drug-likeness (QED) is 0.916. The molecule has 0 bridgehead atoms. The summed E-state index contributed by atoms with van der Waals surface area (Å²) in [5, 5.41) is 0. The average Bonchev–Trinajstić information content (AvgIpc) is 2.94. The molecular weight excluding hydrogens is 322 g/mol. The van der Waals surface area contributed by atoms with E-state index in [0.717, 1.165) is 22.2 Å². The molecule has 1 aromatic rings. The molecule has 6 heteroatoms. The molecular formula is C11H16BrNO2S2. The van der Waals surface area contributed by atoms with Crippen molar-refractivity contribution < 1.29 is 8.42 Å². The molecule has 0 saturated heterocycles. The van der Waals surface area contributed by atoms with Gasteiger partial charge in [0.1, 0.15) is 4.21 Å². The summed E-state index contributed by atoms with van der Waals surface area (Å²) in [6.45, 7) is 5.81. The fourth-order valence-corrected chi connectivity index (χ4v) is 5.55. The highest BCUT2D eigenvalue weighted by molar-refractivity contribution is 9.11. The van der Waals surface area contributed by atoms with Gasteiger partial charge < -0.3 is 0 Å². The number of hydrogen-bond donors (Lipinski definition) is 1. The molecule has 3 nitrogen and oxygen atoms in total. The maximum absolute atomic E-state index is 12.2. The highest BCUT2D eigenvalue weighted by Crippen LogP contribution is 2.40. The van der Waals surface area contributed by atoms with Gasteiger partial charge in [-0.2, -0.15) is 0 Å². The molecule has 0 radical (unpaired) electrons. The topological polar surface area (TPSA) is 46.2 Å². The minimum atomic E-state index is -3.39. The Morgan fingerprint density at radius 1 is 1.47 bits per heavy atom. The van der Waals surface area contributed by atoms with Crippen molar-refractivity contribution in [3.05, 3.63) is 15.4 Å². The van der Waals surface area contributed by atoms with Crippen LogP contribution in [0, 0.1) is 12.8 Å². The van der Waals surface area contributed by atoms with Crippen LogP contribution in [0.25, 0.3) is 0 Å². The number of aryl methyl sites for hydroxylation is 1. The lowest BCUT2D eigenvalue weighted by Gasteiger charge is -2.25. The molecule has 0 atom stereocenters. The summed E-state index contributed by atoms with van der Waals surface area (Å²) in [7, 11) is -3.39. The Labute approximate surface area is 115 Å². The predicted molar refractivity (Wildman–Crippen MR) is 73.9 cm³/mol. The van der Waals surface area contributed by atoms with Crippen LogP contribution in [0.1, 0.15) is 32.3 Å². The lowest BCUT2D eigenvalue weighted by Crippen LogP contribution is -2.44. The van der Waals surface area contributed by atoms with Crippen LogP contribution < -0.4 is 4.72 Å². The zero-order chi connectivity index (χ0) is 12.8. The van der Waals surface area contributed by atoms with Gasteiger partial charge in [0.15, 0.2) is 0 Å². The van der Waals surface area contributed by atoms with Gasteiger partial charge in [-0.1, -0.05) is 0 Å². The molecule has 0 spiro atoms. The highest BCUT2D eigenvalue weighted by atomic mass is 79.9. The minimum absolute atomic E-state index is 0.344. The molecule has 2 rings (SSSR count). The van der Waals surface area contributed by atoms with Crippen LogP contribution in [0.5, 0.6) is 0 Å². The van der Waals surface area contributed by atoms with Gasteiger partial charge in [-0.3, -0.25) is 0 Å². The molecule has 0 amide bonds. The third-order valence-corrected chi connectivity index (χ3v) is 7.38. The van der Waals surface area contributed by atoms with E-state index in [4.69, 9.17) is 0 Å². The molecule has 1 aliphatic rings. The standard InChI is InChI=1S/C11H16BrNO2S2/c1-7-6-9(16-10(7)12)17(14,15)13-11(2,3)8-4-5-8/h6,8,13H,4-5H2,1-3H3. The van der Waals surface area contributed by atoms with E-state index in [1.54, 1.807) is 6.07 Å². The van der Waals surface area contributed by atoms with Crippen molar-refractivity contribution in [1.29, 1.82) is 0 Å². The van der Waals surface area contributed by atoms with Crippen molar-refractivity contribution in [2.75, 3.05) is 0 Å². The van der Waals surface area contributed by atoms with E-state index in [1.807, 2.05) is 20.8 Å². The predicted octanol–water partition coefficient (Wildman–Crippen LogP) is 3.29. The van der Waals surface area contributed by atoms with Gasteiger partial charge in [0, 0.05) is 5.54 Å². The molecule has 0 unspecified atom stereocenters. The Hall–Kier alpha value is 0.0900. The third-order valence-electron chi connectivity index (χ3n) is 3.09. The summed E-state index contributed by atoms with van der Waals surface area (Å²) < 4.78 is 28.5. The first kappa shape index (κ1) is 13.5. The Bertz CT molecular complexity index is 510. The number of nitrogens with one attached hydrogen (secondary N) is 1.